The number of anilines is 1. The van der Waals surface area contributed by atoms with Crippen molar-refractivity contribution in [1.29, 1.82) is 0 Å². The fourth-order valence-corrected chi connectivity index (χ4v) is 5.10. The SMILES string of the molecule is Cc1csc2nc(Cn3nc(I)c4c(N)ncnc43)n(-c3ccccc3F)c(=O)c12. The molecule has 0 unspecified atom stereocenters. The van der Waals surface area contributed by atoms with Gasteiger partial charge in [0.15, 0.2) is 5.65 Å². The number of hydrogen-bond acceptors (Lipinski definition) is 7. The van der Waals surface area contributed by atoms with E-state index < -0.39 is 5.82 Å². The summed E-state index contributed by atoms with van der Waals surface area (Å²) in [5.41, 5.74) is 7.12. The van der Waals surface area contributed by atoms with Crippen molar-refractivity contribution in [3.63, 3.8) is 0 Å². The molecule has 0 atom stereocenters. The molecule has 0 saturated carbocycles. The smallest absolute Gasteiger partial charge is 0.267 e. The number of rotatable bonds is 3. The molecule has 30 heavy (non-hydrogen) atoms. The molecule has 4 aromatic heterocycles. The number of para-hydroxylation sites is 1. The molecule has 11 heteroatoms. The third-order valence-corrected chi connectivity index (χ3v) is 6.51. The molecule has 0 radical (unpaired) electrons. The highest BCUT2D eigenvalue weighted by atomic mass is 127. The minimum absolute atomic E-state index is 0.104. The van der Waals surface area contributed by atoms with E-state index in [1.54, 1.807) is 22.9 Å². The van der Waals surface area contributed by atoms with Crippen LogP contribution in [-0.2, 0) is 6.54 Å². The zero-order valence-electron chi connectivity index (χ0n) is 15.5. The number of halogens is 2. The van der Waals surface area contributed by atoms with E-state index in [4.69, 9.17) is 5.73 Å². The van der Waals surface area contributed by atoms with Crippen molar-refractivity contribution in [2.24, 2.45) is 0 Å². The van der Waals surface area contributed by atoms with Crippen LogP contribution in [-0.4, -0.2) is 29.3 Å². The van der Waals surface area contributed by atoms with Crippen molar-refractivity contribution < 1.29 is 4.39 Å². The third-order valence-electron chi connectivity index (χ3n) is 4.76. The van der Waals surface area contributed by atoms with Crippen LogP contribution in [0.2, 0.25) is 0 Å². The summed E-state index contributed by atoms with van der Waals surface area (Å²) in [4.78, 5) is 27.0. The van der Waals surface area contributed by atoms with Crippen LogP contribution in [0.25, 0.3) is 26.9 Å². The Kier molecular flexibility index (Phi) is 4.50. The Morgan fingerprint density at radius 1 is 1.23 bits per heavy atom. The van der Waals surface area contributed by atoms with Crippen molar-refractivity contribution in [2.75, 3.05) is 5.73 Å². The van der Waals surface area contributed by atoms with Crippen molar-refractivity contribution in [3.05, 3.63) is 67.2 Å². The summed E-state index contributed by atoms with van der Waals surface area (Å²) < 4.78 is 18.2. The van der Waals surface area contributed by atoms with Crippen LogP contribution in [0.3, 0.4) is 0 Å². The summed E-state index contributed by atoms with van der Waals surface area (Å²) in [6.45, 7) is 1.95. The molecule has 0 fully saturated rings. The Hall–Kier alpha value is -2.93. The Morgan fingerprint density at radius 2 is 2.03 bits per heavy atom. The molecule has 2 N–H and O–H groups in total. The van der Waals surface area contributed by atoms with E-state index in [2.05, 4.69) is 42.6 Å². The molecular formula is C19H13FIN7OS. The lowest BCUT2D eigenvalue weighted by Gasteiger charge is -2.14. The molecule has 0 saturated heterocycles. The quantitative estimate of drug-likeness (QED) is 0.357. The van der Waals surface area contributed by atoms with Crippen molar-refractivity contribution in [1.82, 2.24) is 29.3 Å². The highest BCUT2D eigenvalue weighted by Crippen LogP contribution is 2.26. The summed E-state index contributed by atoms with van der Waals surface area (Å²) in [6.07, 6.45) is 1.36. The van der Waals surface area contributed by atoms with E-state index in [0.717, 1.165) is 5.56 Å². The normalized spacial score (nSPS) is 11.6. The Labute approximate surface area is 186 Å². The van der Waals surface area contributed by atoms with Crippen LogP contribution in [0.4, 0.5) is 10.2 Å². The largest absolute Gasteiger partial charge is 0.383 e. The van der Waals surface area contributed by atoms with Gasteiger partial charge in [0.1, 0.15) is 38.9 Å². The molecule has 0 aliphatic heterocycles. The van der Waals surface area contributed by atoms with Gasteiger partial charge in [-0.25, -0.2) is 24.0 Å². The van der Waals surface area contributed by atoms with Gasteiger partial charge in [0.2, 0.25) is 0 Å². The first-order valence-corrected chi connectivity index (χ1v) is 10.8. The summed E-state index contributed by atoms with van der Waals surface area (Å²) in [6, 6.07) is 6.13. The lowest BCUT2D eigenvalue weighted by Crippen LogP contribution is -2.26. The van der Waals surface area contributed by atoms with Gasteiger partial charge in [-0.15, -0.1) is 11.3 Å². The predicted octanol–water partition coefficient (Wildman–Crippen LogP) is 3.27. The molecule has 150 valence electrons. The Balaban J connectivity index is 1.80. The molecule has 5 rings (SSSR count). The Bertz CT molecular complexity index is 1510. The second-order valence-corrected chi connectivity index (χ2v) is 8.50. The van der Waals surface area contributed by atoms with E-state index in [0.29, 0.717) is 36.6 Å². The first-order valence-electron chi connectivity index (χ1n) is 8.83. The monoisotopic (exact) mass is 533 g/mol. The van der Waals surface area contributed by atoms with Crippen LogP contribution >= 0.6 is 33.9 Å². The maximum absolute atomic E-state index is 14.7. The fraction of sp³-hybridized carbons (Fsp3) is 0.105. The van der Waals surface area contributed by atoms with E-state index in [-0.39, 0.29) is 17.8 Å². The number of fused-ring (bicyclic) bond motifs is 2. The van der Waals surface area contributed by atoms with Crippen molar-refractivity contribution in [3.8, 4) is 5.69 Å². The summed E-state index contributed by atoms with van der Waals surface area (Å²) in [7, 11) is 0. The van der Waals surface area contributed by atoms with Gasteiger partial charge < -0.3 is 5.73 Å². The molecule has 0 aliphatic rings. The molecular weight excluding hydrogens is 520 g/mol. The van der Waals surface area contributed by atoms with Crippen LogP contribution in [0, 0.1) is 16.4 Å². The Morgan fingerprint density at radius 3 is 2.83 bits per heavy atom. The topological polar surface area (TPSA) is 105 Å². The molecule has 8 nitrogen and oxygen atoms in total. The lowest BCUT2D eigenvalue weighted by molar-refractivity contribution is 0.599. The lowest BCUT2D eigenvalue weighted by atomic mass is 10.2. The molecule has 0 bridgehead atoms. The second-order valence-electron chi connectivity index (χ2n) is 6.62. The average molecular weight is 533 g/mol. The number of benzene rings is 1. The van der Waals surface area contributed by atoms with Gasteiger partial charge in [0.25, 0.3) is 5.56 Å². The molecule has 5 aromatic rings. The molecule has 0 spiro atoms. The molecule has 0 amide bonds. The average Bonchev–Trinajstić information content (AvgIpc) is 3.24. The van der Waals surface area contributed by atoms with Gasteiger partial charge in [0.05, 0.1) is 16.5 Å². The highest BCUT2D eigenvalue weighted by molar-refractivity contribution is 14.1. The van der Waals surface area contributed by atoms with Crippen LogP contribution in [0.5, 0.6) is 0 Å². The number of nitrogens with zero attached hydrogens (tertiary/aromatic N) is 6. The number of nitrogen functional groups attached to an aromatic ring is 1. The number of aryl methyl sites for hydroxylation is 1. The van der Waals surface area contributed by atoms with Gasteiger partial charge >= 0.3 is 0 Å². The van der Waals surface area contributed by atoms with E-state index >= 15 is 0 Å². The van der Waals surface area contributed by atoms with Crippen LogP contribution < -0.4 is 11.3 Å². The standard InChI is InChI=1S/C19H13FIN7OS/c1-9-7-30-18-13(9)19(29)28(11-5-3-2-4-10(11)20)12(25-18)6-27-17-14(15(21)26-27)16(22)23-8-24-17/h2-5,7-8H,6H2,1H3,(H2,22,23,24). The zero-order chi connectivity index (χ0) is 21.0. The van der Waals surface area contributed by atoms with Gasteiger partial charge in [-0.3, -0.25) is 9.36 Å². The van der Waals surface area contributed by atoms with Gasteiger partial charge in [0, 0.05) is 0 Å². The fourth-order valence-electron chi connectivity index (χ4n) is 3.39. The van der Waals surface area contributed by atoms with Gasteiger partial charge in [-0.2, -0.15) is 5.10 Å². The van der Waals surface area contributed by atoms with E-state index in [1.165, 1.54) is 28.3 Å². The second kappa shape index (κ2) is 7.09. The highest BCUT2D eigenvalue weighted by Gasteiger charge is 2.20. The summed E-state index contributed by atoms with van der Waals surface area (Å²) >= 11 is 3.44. The van der Waals surface area contributed by atoms with Gasteiger partial charge in [-0.05, 0) is 52.6 Å². The van der Waals surface area contributed by atoms with Crippen molar-refractivity contribution in [2.45, 2.75) is 13.5 Å². The van der Waals surface area contributed by atoms with E-state index in [1.807, 2.05) is 12.3 Å². The minimum atomic E-state index is -0.513. The molecule has 1 aromatic carbocycles. The summed E-state index contributed by atoms with van der Waals surface area (Å²) in [5, 5.41) is 7.48. The maximum Gasteiger partial charge on any atom is 0.267 e. The first-order chi connectivity index (χ1) is 14.5. The minimum Gasteiger partial charge on any atom is -0.383 e. The zero-order valence-corrected chi connectivity index (χ0v) is 18.5. The third kappa shape index (κ3) is 2.88. The van der Waals surface area contributed by atoms with Crippen LogP contribution in [0.15, 0.2) is 40.8 Å². The van der Waals surface area contributed by atoms with Gasteiger partial charge in [-0.1, -0.05) is 12.1 Å². The molecule has 4 heterocycles. The maximum atomic E-state index is 14.7. The molecule has 0 aliphatic carbocycles. The van der Waals surface area contributed by atoms with Crippen molar-refractivity contribution >= 4 is 61.0 Å². The first kappa shape index (κ1) is 19.1. The number of nitrogens with two attached hydrogens (primary N) is 1. The number of hydrogen-bond donors (Lipinski definition) is 1. The number of aromatic nitrogens is 6. The predicted molar refractivity (Wildman–Crippen MR) is 121 cm³/mol. The number of thiophene rings is 1. The van der Waals surface area contributed by atoms with E-state index in [9.17, 15) is 9.18 Å². The summed E-state index contributed by atoms with van der Waals surface area (Å²) in [5.74, 6) is 0.151. The van der Waals surface area contributed by atoms with Crippen LogP contribution in [0.1, 0.15) is 11.4 Å².